The van der Waals surface area contributed by atoms with E-state index in [2.05, 4.69) is 34.9 Å². The number of carbonyl (C=O) groups is 1. The number of hydrogen-bond acceptors (Lipinski definition) is 3. The van der Waals surface area contributed by atoms with Gasteiger partial charge in [0, 0.05) is 30.5 Å². The molecule has 0 aromatic heterocycles. The van der Waals surface area contributed by atoms with Crippen LogP contribution in [0, 0.1) is 5.82 Å². The molecular weight excluding hydrogens is 439 g/mol. The van der Waals surface area contributed by atoms with Gasteiger partial charge in [-0.1, -0.05) is 50.2 Å². The standard InChI is InChI=1S/C30H35FN2O2/c1-30(2,26-10-12-27(31)13-11-26)21-33-29(34)24-9-14-28-25(19-24)18-22-7-6-8-23(17-22)20-32-15-4-3-5-16-35-28/h6-14,17,19,32H,3-5,15-16,18,20-21H2,1-2H3,(H,33,34). The van der Waals surface area contributed by atoms with Crippen LogP contribution in [0.3, 0.4) is 0 Å². The van der Waals surface area contributed by atoms with Crippen molar-refractivity contribution in [2.24, 2.45) is 0 Å². The summed E-state index contributed by atoms with van der Waals surface area (Å²) < 4.78 is 19.5. The molecule has 1 heterocycles. The van der Waals surface area contributed by atoms with E-state index in [1.54, 1.807) is 12.1 Å². The molecule has 1 amide bonds. The van der Waals surface area contributed by atoms with Crippen molar-refractivity contribution in [2.75, 3.05) is 19.7 Å². The van der Waals surface area contributed by atoms with Gasteiger partial charge in [-0.2, -0.15) is 0 Å². The van der Waals surface area contributed by atoms with E-state index in [1.165, 1.54) is 23.3 Å². The number of carbonyl (C=O) groups excluding carboxylic acids is 1. The number of ether oxygens (including phenoxy) is 1. The SMILES string of the molecule is CC(C)(CNC(=O)c1ccc2c(c1)Cc1cccc(c1)CNCCCCCO2)c1ccc(F)cc1. The summed E-state index contributed by atoms with van der Waals surface area (Å²) in [5, 5.41) is 6.59. The first-order valence-corrected chi connectivity index (χ1v) is 12.5. The summed E-state index contributed by atoms with van der Waals surface area (Å²) in [4.78, 5) is 13.1. The minimum absolute atomic E-state index is 0.125. The normalized spacial score (nSPS) is 14.8. The first kappa shape index (κ1) is 24.9. The Morgan fingerprint density at radius 2 is 1.80 bits per heavy atom. The molecule has 2 bridgehead atoms. The summed E-state index contributed by atoms with van der Waals surface area (Å²) in [6.07, 6.45) is 3.95. The molecule has 0 saturated carbocycles. The van der Waals surface area contributed by atoms with Gasteiger partial charge in [-0.3, -0.25) is 4.79 Å². The third-order valence-electron chi connectivity index (χ3n) is 6.61. The number of halogens is 1. The lowest BCUT2D eigenvalue weighted by Crippen LogP contribution is -2.36. The van der Waals surface area contributed by atoms with E-state index < -0.39 is 0 Å². The molecule has 0 aliphatic carbocycles. The Morgan fingerprint density at radius 3 is 2.63 bits per heavy atom. The Morgan fingerprint density at radius 1 is 1.00 bits per heavy atom. The van der Waals surface area contributed by atoms with Crippen LogP contribution in [0.2, 0.25) is 0 Å². The molecule has 184 valence electrons. The van der Waals surface area contributed by atoms with Crippen molar-refractivity contribution >= 4 is 5.91 Å². The zero-order valence-electron chi connectivity index (χ0n) is 20.7. The van der Waals surface area contributed by atoms with E-state index in [1.807, 2.05) is 32.0 Å². The molecular formula is C30H35FN2O2. The Hall–Kier alpha value is -3.18. The second-order valence-corrected chi connectivity index (χ2v) is 9.98. The van der Waals surface area contributed by atoms with Crippen molar-refractivity contribution < 1.29 is 13.9 Å². The molecule has 0 fully saturated rings. The van der Waals surface area contributed by atoms with E-state index in [4.69, 9.17) is 4.74 Å². The molecule has 2 N–H and O–H groups in total. The van der Waals surface area contributed by atoms with Crippen LogP contribution in [0.25, 0.3) is 0 Å². The molecule has 3 aromatic carbocycles. The highest BCUT2D eigenvalue weighted by Crippen LogP contribution is 2.26. The molecule has 0 atom stereocenters. The van der Waals surface area contributed by atoms with Gasteiger partial charge in [0.1, 0.15) is 11.6 Å². The Balaban J connectivity index is 1.52. The fourth-order valence-electron chi connectivity index (χ4n) is 4.42. The van der Waals surface area contributed by atoms with Gasteiger partial charge >= 0.3 is 0 Å². The van der Waals surface area contributed by atoms with E-state index in [-0.39, 0.29) is 17.1 Å². The van der Waals surface area contributed by atoms with Crippen molar-refractivity contribution in [3.05, 3.63) is 100 Å². The van der Waals surface area contributed by atoms with Gasteiger partial charge in [0.2, 0.25) is 0 Å². The van der Waals surface area contributed by atoms with Gasteiger partial charge < -0.3 is 15.4 Å². The molecule has 0 radical (unpaired) electrons. The molecule has 5 heteroatoms. The number of fused-ring (bicyclic) bond motifs is 3. The molecule has 4 nitrogen and oxygen atoms in total. The van der Waals surface area contributed by atoms with Crippen LogP contribution in [-0.2, 0) is 18.4 Å². The maximum absolute atomic E-state index is 13.3. The fourth-order valence-corrected chi connectivity index (χ4v) is 4.42. The summed E-state index contributed by atoms with van der Waals surface area (Å²) in [7, 11) is 0. The second-order valence-electron chi connectivity index (χ2n) is 9.98. The summed E-state index contributed by atoms with van der Waals surface area (Å²) >= 11 is 0. The van der Waals surface area contributed by atoms with Crippen molar-refractivity contribution in [2.45, 2.75) is 51.5 Å². The maximum Gasteiger partial charge on any atom is 0.251 e. The predicted molar refractivity (Wildman–Crippen MR) is 139 cm³/mol. The van der Waals surface area contributed by atoms with Gasteiger partial charge in [-0.15, -0.1) is 0 Å². The highest BCUT2D eigenvalue weighted by molar-refractivity contribution is 5.94. The molecule has 4 rings (SSSR count). The average Bonchev–Trinajstić information content (AvgIpc) is 2.85. The molecule has 1 aliphatic heterocycles. The van der Waals surface area contributed by atoms with Crippen LogP contribution < -0.4 is 15.4 Å². The first-order chi connectivity index (χ1) is 16.9. The van der Waals surface area contributed by atoms with Gasteiger partial charge in [0.15, 0.2) is 0 Å². The Kier molecular flexibility index (Phi) is 8.19. The van der Waals surface area contributed by atoms with Crippen LogP contribution in [0.1, 0.15) is 65.7 Å². The van der Waals surface area contributed by atoms with Gasteiger partial charge in [-0.05, 0) is 78.4 Å². The Labute approximate surface area is 207 Å². The van der Waals surface area contributed by atoms with Crippen LogP contribution in [0.15, 0.2) is 66.7 Å². The van der Waals surface area contributed by atoms with Crippen molar-refractivity contribution in [1.82, 2.24) is 10.6 Å². The fraction of sp³-hybridized carbons (Fsp3) is 0.367. The topological polar surface area (TPSA) is 50.4 Å². The molecule has 0 saturated heterocycles. The van der Waals surface area contributed by atoms with Crippen LogP contribution in [0.4, 0.5) is 4.39 Å². The van der Waals surface area contributed by atoms with E-state index >= 15 is 0 Å². The zero-order chi connectivity index (χ0) is 24.7. The third-order valence-corrected chi connectivity index (χ3v) is 6.61. The lowest BCUT2D eigenvalue weighted by molar-refractivity contribution is 0.0945. The molecule has 3 aromatic rings. The summed E-state index contributed by atoms with van der Waals surface area (Å²) in [6, 6.07) is 20.7. The van der Waals surface area contributed by atoms with Gasteiger partial charge in [-0.25, -0.2) is 4.39 Å². The highest BCUT2D eigenvalue weighted by atomic mass is 19.1. The Bertz CT molecular complexity index is 1140. The van der Waals surface area contributed by atoms with E-state index in [9.17, 15) is 9.18 Å². The largest absolute Gasteiger partial charge is 0.493 e. The number of rotatable bonds is 4. The van der Waals surface area contributed by atoms with Gasteiger partial charge in [0.25, 0.3) is 5.91 Å². The smallest absolute Gasteiger partial charge is 0.251 e. The van der Waals surface area contributed by atoms with Crippen LogP contribution in [-0.4, -0.2) is 25.6 Å². The minimum Gasteiger partial charge on any atom is -0.493 e. The number of hydrogen-bond donors (Lipinski definition) is 2. The highest BCUT2D eigenvalue weighted by Gasteiger charge is 2.22. The summed E-state index contributed by atoms with van der Waals surface area (Å²) in [5.41, 5.74) is 4.74. The van der Waals surface area contributed by atoms with Crippen molar-refractivity contribution in [1.29, 1.82) is 0 Å². The van der Waals surface area contributed by atoms with Crippen molar-refractivity contribution in [3.63, 3.8) is 0 Å². The summed E-state index contributed by atoms with van der Waals surface area (Å²) in [6.45, 7) is 7.07. The average molecular weight is 475 g/mol. The molecule has 1 aliphatic rings. The second kappa shape index (κ2) is 11.5. The molecule has 0 unspecified atom stereocenters. The van der Waals surface area contributed by atoms with E-state index in [0.29, 0.717) is 25.1 Å². The van der Waals surface area contributed by atoms with Gasteiger partial charge in [0.05, 0.1) is 6.61 Å². The van der Waals surface area contributed by atoms with Crippen LogP contribution >= 0.6 is 0 Å². The lowest BCUT2D eigenvalue weighted by Gasteiger charge is -2.26. The quantitative estimate of drug-likeness (QED) is 0.504. The monoisotopic (exact) mass is 474 g/mol. The van der Waals surface area contributed by atoms with E-state index in [0.717, 1.165) is 49.2 Å². The molecule has 0 spiro atoms. The molecule has 35 heavy (non-hydrogen) atoms. The minimum atomic E-state index is -0.325. The summed E-state index contributed by atoms with van der Waals surface area (Å²) in [5.74, 6) is 0.455. The number of amides is 1. The number of nitrogens with one attached hydrogen (secondary N) is 2. The zero-order valence-corrected chi connectivity index (χ0v) is 20.7. The van der Waals surface area contributed by atoms with Crippen molar-refractivity contribution in [3.8, 4) is 5.75 Å². The number of benzene rings is 3. The lowest BCUT2D eigenvalue weighted by atomic mass is 9.84. The third kappa shape index (κ3) is 6.92. The first-order valence-electron chi connectivity index (χ1n) is 12.5. The predicted octanol–water partition coefficient (Wildman–Crippen LogP) is 5.78. The van der Waals surface area contributed by atoms with Crippen LogP contribution in [0.5, 0.6) is 5.75 Å². The maximum atomic E-state index is 13.3.